The number of rotatable bonds is 1. The maximum Gasteiger partial charge on any atom is 0.253 e. The molecular weight excluding hydrogens is 176 g/mol. The first-order chi connectivity index (χ1) is 6.65. The summed E-state index contributed by atoms with van der Waals surface area (Å²) in [6, 6.07) is 0. The van der Waals surface area contributed by atoms with Crippen molar-refractivity contribution in [2.24, 2.45) is 4.99 Å². The maximum atomic E-state index is 11.7. The zero-order chi connectivity index (χ0) is 10.6. The minimum absolute atomic E-state index is 0.0711. The van der Waals surface area contributed by atoms with Crippen molar-refractivity contribution in [3.63, 3.8) is 0 Å². The molecule has 0 spiro atoms. The Labute approximate surface area is 84.8 Å². The SMILES string of the molecule is C/N=C(C)\C=C1/C=CCCN(C)C1=O. The van der Waals surface area contributed by atoms with E-state index >= 15 is 0 Å². The molecule has 1 rings (SSSR count). The Bertz CT molecular complexity index is 313. The highest BCUT2D eigenvalue weighted by Gasteiger charge is 2.14. The van der Waals surface area contributed by atoms with Gasteiger partial charge in [0.25, 0.3) is 5.91 Å². The van der Waals surface area contributed by atoms with Gasteiger partial charge in [0.15, 0.2) is 0 Å². The maximum absolute atomic E-state index is 11.7. The zero-order valence-corrected chi connectivity index (χ0v) is 8.95. The van der Waals surface area contributed by atoms with E-state index in [0.717, 1.165) is 18.7 Å². The van der Waals surface area contributed by atoms with E-state index in [1.807, 2.05) is 32.2 Å². The van der Waals surface area contributed by atoms with Gasteiger partial charge in [0, 0.05) is 31.9 Å². The summed E-state index contributed by atoms with van der Waals surface area (Å²) in [6.45, 7) is 2.67. The van der Waals surface area contributed by atoms with Crippen molar-refractivity contribution in [3.05, 3.63) is 23.8 Å². The van der Waals surface area contributed by atoms with E-state index in [9.17, 15) is 4.79 Å². The lowest BCUT2D eigenvalue weighted by atomic mass is 10.2. The van der Waals surface area contributed by atoms with E-state index in [1.165, 1.54) is 0 Å². The molecule has 0 unspecified atom stereocenters. The summed E-state index contributed by atoms with van der Waals surface area (Å²) in [4.78, 5) is 17.5. The molecule has 0 saturated carbocycles. The average molecular weight is 192 g/mol. The summed E-state index contributed by atoms with van der Waals surface area (Å²) < 4.78 is 0. The number of carbonyl (C=O) groups excluding carboxylic acids is 1. The molecule has 0 aromatic carbocycles. The Morgan fingerprint density at radius 3 is 3.00 bits per heavy atom. The lowest BCUT2D eigenvalue weighted by Crippen LogP contribution is -2.27. The third-order valence-corrected chi connectivity index (χ3v) is 2.24. The topological polar surface area (TPSA) is 32.7 Å². The van der Waals surface area contributed by atoms with E-state index < -0.39 is 0 Å². The first kappa shape index (κ1) is 10.7. The second-order valence-electron chi connectivity index (χ2n) is 3.38. The predicted octanol–water partition coefficient (Wildman–Crippen LogP) is 1.42. The van der Waals surface area contributed by atoms with Gasteiger partial charge >= 0.3 is 0 Å². The Balaban J connectivity index is 2.95. The van der Waals surface area contributed by atoms with Crippen LogP contribution in [-0.2, 0) is 4.79 Å². The summed E-state index contributed by atoms with van der Waals surface area (Å²) in [6.07, 6.45) is 6.64. The summed E-state index contributed by atoms with van der Waals surface area (Å²) in [5, 5.41) is 0. The molecule has 1 aliphatic heterocycles. The molecule has 0 aliphatic carbocycles. The van der Waals surface area contributed by atoms with Crippen LogP contribution in [0.4, 0.5) is 0 Å². The molecule has 14 heavy (non-hydrogen) atoms. The van der Waals surface area contributed by atoms with Gasteiger partial charge in [-0.1, -0.05) is 12.2 Å². The molecule has 0 atom stereocenters. The largest absolute Gasteiger partial charge is 0.341 e. The van der Waals surface area contributed by atoms with Crippen molar-refractivity contribution in [3.8, 4) is 0 Å². The van der Waals surface area contributed by atoms with Crippen molar-refractivity contribution >= 4 is 11.6 Å². The summed E-state index contributed by atoms with van der Waals surface area (Å²) in [5.41, 5.74) is 1.58. The Kier molecular flexibility index (Phi) is 3.63. The van der Waals surface area contributed by atoms with Crippen molar-refractivity contribution < 1.29 is 4.79 Å². The third-order valence-electron chi connectivity index (χ3n) is 2.24. The lowest BCUT2D eigenvalue weighted by Gasteiger charge is -2.14. The highest BCUT2D eigenvalue weighted by molar-refractivity contribution is 6.04. The predicted molar refractivity (Wildman–Crippen MR) is 58.5 cm³/mol. The summed E-state index contributed by atoms with van der Waals surface area (Å²) >= 11 is 0. The van der Waals surface area contributed by atoms with Crippen molar-refractivity contribution in [1.29, 1.82) is 0 Å². The number of amides is 1. The second kappa shape index (κ2) is 4.74. The Morgan fingerprint density at radius 2 is 2.36 bits per heavy atom. The van der Waals surface area contributed by atoms with Crippen LogP contribution in [0.2, 0.25) is 0 Å². The van der Waals surface area contributed by atoms with Crippen LogP contribution in [0, 0.1) is 0 Å². The molecule has 0 radical (unpaired) electrons. The molecule has 3 nitrogen and oxygen atoms in total. The minimum Gasteiger partial charge on any atom is -0.341 e. The molecule has 76 valence electrons. The van der Waals surface area contributed by atoms with Crippen LogP contribution in [-0.4, -0.2) is 37.2 Å². The number of hydrogen-bond donors (Lipinski definition) is 0. The molecule has 1 aliphatic rings. The Morgan fingerprint density at radius 1 is 1.64 bits per heavy atom. The van der Waals surface area contributed by atoms with Gasteiger partial charge in [0.1, 0.15) is 0 Å². The average Bonchev–Trinajstić information content (AvgIpc) is 2.33. The summed E-state index contributed by atoms with van der Waals surface area (Å²) in [5.74, 6) is 0.0711. The van der Waals surface area contributed by atoms with E-state index in [1.54, 1.807) is 11.9 Å². The van der Waals surface area contributed by atoms with Crippen molar-refractivity contribution in [1.82, 2.24) is 4.90 Å². The fraction of sp³-hybridized carbons (Fsp3) is 0.455. The number of nitrogens with zero attached hydrogens (tertiary/aromatic N) is 2. The molecule has 0 bridgehead atoms. The molecular formula is C11H16N2O. The molecule has 0 fully saturated rings. The summed E-state index contributed by atoms with van der Waals surface area (Å²) in [7, 11) is 3.54. The lowest BCUT2D eigenvalue weighted by molar-refractivity contribution is -0.125. The van der Waals surface area contributed by atoms with Crippen molar-refractivity contribution in [2.75, 3.05) is 20.6 Å². The van der Waals surface area contributed by atoms with E-state index in [4.69, 9.17) is 0 Å². The Hall–Kier alpha value is -1.38. The van der Waals surface area contributed by atoms with Gasteiger partial charge in [0.2, 0.25) is 0 Å². The van der Waals surface area contributed by atoms with Gasteiger partial charge in [0.05, 0.1) is 0 Å². The standard InChI is InChI=1S/C11H16N2O/c1-9(12-2)8-10-6-4-5-7-13(3)11(10)14/h4,6,8H,5,7H2,1-3H3/b10-8+,12-9-. The molecule has 0 aromatic heterocycles. The molecule has 0 aromatic rings. The van der Waals surface area contributed by atoms with Crippen LogP contribution in [0.3, 0.4) is 0 Å². The van der Waals surface area contributed by atoms with Crippen LogP contribution >= 0.6 is 0 Å². The molecule has 1 heterocycles. The van der Waals surface area contributed by atoms with Gasteiger partial charge < -0.3 is 4.90 Å². The number of hydrogen-bond acceptors (Lipinski definition) is 2. The van der Waals surface area contributed by atoms with Crippen LogP contribution in [0.5, 0.6) is 0 Å². The normalized spacial score (nSPS) is 21.6. The first-order valence-corrected chi connectivity index (χ1v) is 4.72. The fourth-order valence-corrected chi connectivity index (χ4v) is 1.27. The van der Waals surface area contributed by atoms with Gasteiger partial charge in [-0.25, -0.2) is 0 Å². The molecule has 0 N–H and O–H groups in total. The number of carbonyl (C=O) groups is 1. The van der Waals surface area contributed by atoms with Gasteiger partial charge in [-0.2, -0.15) is 0 Å². The van der Waals surface area contributed by atoms with Gasteiger partial charge in [-0.3, -0.25) is 9.79 Å². The zero-order valence-electron chi connectivity index (χ0n) is 8.95. The van der Waals surface area contributed by atoms with E-state index in [-0.39, 0.29) is 5.91 Å². The minimum atomic E-state index is 0.0711. The molecule has 1 amide bonds. The third kappa shape index (κ3) is 2.55. The van der Waals surface area contributed by atoms with Gasteiger partial charge in [-0.15, -0.1) is 0 Å². The second-order valence-corrected chi connectivity index (χ2v) is 3.38. The highest BCUT2D eigenvalue weighted by atomic mass is 16.2. The first-order valence-electron chi connectivity index (χ1n) is 4.72. The number of aliphatic imine (C=N–C) groups is 1. The van der Waals surface area contributed by atoms with Crippen LogP contribution in [0.25, 0.3) is 0 Å². The van der Waals surface area contributed by atoms with Crippen LogP contribution in [0.15, 0.2) is 28.8 Å². The van der Waals surface area contributed by atoms with E-state index in [2.05, 4.69) is 4.99 Å². The number of allylic oxidation sites excluding steroid dienone is 1. The van der Waals surface area contributed by atoms with Crippen LogP contribution in [0.1, 0.15) is 13.3 Å². The number of likely N-dealkylation sites (N-methyl/N-ethyl adjacent to an activating group) is 1. The smallest absolute Gasteiger partial charge is 0.253 e. The monoisotopic (exact) mass is 192 g/mol. The van der Waals surface area contributed by atoms with Gasteiger partial charge in [-0.05, 0) is 19.4 Å². The van der Waals surface area contributed by atoms with Crippen molar-refractivity contribution in [2.45, 2.75) is 13.3 Å². The van der Waals surface area contributed by atoms with Crippen LogP contribution < -0.4 is 0 Å². The molecule has 0 saturated heterocycles. The van der Waals surface area contributed by atoms with E-state index in [0.29, 0.717) is 5.57 Å². The quantitative estimate of drug-likeness (QED) is 0.457. The molecule has 3 heteroatoms. The highest BCUT2D eigenvalue weighted by Crippen LogP contribution is 2.09. The fourth-order valence-electron chi connectivity index (χ4n) is 1.27.